The second-order valence-electron chi connectivity index (χ2n) is 5.63. The van der Waals surface area contributed by atoms with Gasteiger partial charge in [0.25, 0.3) is 0 Å². The van der Waals surface area contributed by atoms with Crippen LogP contribution in [0.5, 0.6) is 0 Å². The summed E-state index contributed by atoms with van der Waals surface area (Å²) in [5, 5.41) is 2.97. The maximum Gasteiger partial charge on any atom is 0.228 e. The number of nitrogens with two attached hydrogens (primary N) is 1. The van der Waals surface area contributed by atoms with Gasteiger partial charge in [-0.3, -0.25) is 4.79 Å². The largest absolute Gasteiger partial charge is 0.389 e. The average molecular weight is 262 g/mol. The molecular formula is C14H18N2OS. The van der Waals surface area contributed by atoms with E-state index < -0.39 is 0 Å². The van der Waals surface area contributed by atoms with Crippen molar-refractivity contribution in [1.82, 2.24) is 0 Å². The van der Waals surface area contributed by atoms with Crippen LogP contribution in [-0.4, -0.2) is 10.9 Å². The van der Waals surface area contributed by atoms with Crippen LogP contribution in [0.3, 0.4) is 0 Å². The Morgan fingerprint density at radius 1 is 1.50 bits per heavy atom. The third kappa shape index (κ3) is 2.53. The zero-order valence-electron chi connectivity index (χ0n) is 10.9. The first kappa shape index (κ1) is 13.0. The molecule has 0 aliphatic heterocycles. The molecule has 1 saturated carbocycles. The van der Waals surface area contributed by atoms with Crippen LogP contribution < -0.4 is 11.1 Å². The van der Waals surface area contributed by atoms with Crippen LogP contribution in [0.4, 0.5) is 5.69 Å². The summed E-state index contributed by atoms with van der Waals surface area (Å²) in [6.07, 6.45) is 0.951. The highest BCUT2D eigenvalue weighted by Gasteiger charge is 2.50. The Labute approximate surface area is 113 Å². The van der Waals surface area contributed by atoms with Gasteiger partial charge in [-0.15, -0.1) is 0 Å². The fraction of sp³-hybridized carbons (Fsp3) is 0.429. The summed E-state index contributed by atoms with van der Waals surface area (Å²) in [4.78, 5) is 12.4. The highest BCUT2D eigenvalue weighted by atomic mass is 32.1. The summed E-state index contributed by atoms with van der Waals surface area (Å²) >= 11 is 4.94. The van der Waals surface area contributed by atoms with Gasteiger partial charge >= 0.3 is 0 Å². The molecule has 1 unspecified atom stereocenters. The molecule has 0 saturated heterocycles. The van der Waals surface area contributed by atoms with E-state index in [1.807, 2.05) is 25.1 Å². The Morgan fingerprint density at radius 3 is 2.61 bits per heavy atom. The first-order valence-electron chi connectivity index (χ1n) is 6.02. The number of hydrogen-bond donors (Lipinski definition) is 2. The Bertz CT molecular complexity index is 523. The average Bonchev–Trinajstić information content (AvgIpc) is 2.90. The van der Waals surface area contributed by atoms with E-state index in [1.165, 1.54) is 0 Å². The van der Waals surface area contributed by atoms with Crippen LogP contribution >= 0.6 is 12.2 Å². The van der Waals surface area contributed by atoms with E-state index in [-0.39, 0.29) is 17.2 Å². The van der Waals surface area contributed by atoms with E-state index >= 15 is 0 Å². The van der Waals surface area contributed by atoms with Crippen LogP contribution in [-0.2, 0) is 4.79 Å². The van der Waals surface area contributed by atoms with Crippen molar-refractivity contribution in [3.8, 4) is 0 Å². The lowest BCUT2D eigenvalue weighted by atomic mass is 10.1. The minimum absolute atomic E-state index is 0.0863. The smallest absolute Gasteiger partial charge is 0.228 e. The summed E-state index contributed by atoms with van der Waals surface area (Å²) in [5.74, 6) is 0.202. The molecule has 3 nitrogen and oxygen atoms in total. The number of carbonyl (C=O) groups excluding carboxylic acids is 1. The summed E-state index contributed by atoms with van der Waals surface area (Å²) in [6.45, 7) is 6.17. The van der Waals surface area contributed by atoms with Gasteiger partial charge in [0, 0.05) is 17.2 Å². The number of nitrogens with one attached hydrogen (secondary N) is 1. The van der Waals surface area contributed by atoms with Crippen LogP contribution in [0.1, 0.15) is 31.4 Å². The molecule has 1 aromatic carbocycles. The van der Waals surface area contributed by atoms with Crippen LogP contribution in [0.25, 0.3) is 0 Å². The normalized spacial score (nSPS) is 20.3. The number of anilines is 1. The summed E-state index contributed by atoms with van der Waals surface area (Å²) in [6, 6.07) is 5.63. The lowest BCUT2D eigenvalue weighted by Crippen LogP contribution is -2.18. The fourth-order valence-corrected chi connectivity index (χ4v) is 2.17. The molecule has 3 N–H and O–H groups in total. The number of thiocarbonyl (C=S) groups is 1. The van der Waals surface area contributed by atoms with Gasteiger partial charge in [-0.05, 0) is 30.4 Å². The molecule has 1 amide bonds. The first-order chi connectivity index (χ1) is 8.31. The van der Waals surface area contributed by atoms with Crippen molar-refractivity contribution in [3.05, 3.63) is 29.3 Å². The molecule has 96 valence electrons. The molecule has 0 bridgehead atoms. The summed E-state index contributed by atoms with van der Waals surface area (Å²) in [5.41, 5.74) is 8.33. The molecule has 1 aromatic rings. The standard InChI is InChI=1S/C14H18N2OS/c1-8-4-5-9(12(15)18)6-11(8)16-13(17)10-7-14(10,2)3/h4-6,10H,7H2,1-3H3,(H2,15,18)(H,16,17). The van der Waals surface area contributed by atoms with Crippen molar-refractivity contribution in [2.24, 2.45) is 17.1 Å². The highest BCUT2D eigenvalue weighted by Crippen LogP contribution is 2.52. The van der Waals surface area contributed by atoms with Crippen LogP contribution in [0.15, 0.2) is 18.2 Å². The molecule has 18 heavy (non-hydrogen) atoms. The van der Waals surface area contributed by atoms with Gasteiger partial charge in [-0.1, -0.05) is 38.2 Å². The van der Waals surface area contributed by atoms with Gasteiger partial charge in [-0.2, -0.15) is 0 Å². The Morgan fingerprint density at radius 2 is 2.11 bits per heavy atom. The van der Waals surface area contributed by atoms with Gasteiger partial charge in [0.2, 0.25) is 5.91 Å². The van der Waals surface area contributed by atoms with E-state index in [2.05, 4.69) is 19.2 Å². The first-order valence-corrected chi connectivity index (χ1v) is 6.43. The minimum atomic E-state index is 0.0863. The van der Waals surface area contributed by atoms with Gasteiger partial charge < -0.3 is 11.1 Å². The molecule has 0 spiro atoms. The zero-order valence-corrected chi connectivity index (χ0v) is 11.7. The van der Waals surface area contributed by atoms with E-state index in [4.69, 9.17) is 18.0 Å². The number of rotatable bonds is 3. The van der Waals surface area contributed by atoms with Crippen molar-refractivity contribution in [2.45, 2.75) is 27.2 Å². The third-order valence-electron chi connectivity index (χ3n) is 3.61. The van der Waals surface area contributed by atoms with Crippen LogP contribution in [0, 0.1) is 18.3 Å². The number of carbonyl (C=O) groups is 1. The molecule has 0 heterocycles. The van der Waals surface area contributed by atoms with Gasteiger partial charge in [0.1, 0.15) is 4.99 Å². The predicted molar refractivity (Wildman–Crippen MR) is 77.6 cm³/mol. The van der Waals surface area contributed by atoms with Gasteiger partial charge in [0.05, 0.1) is 0 Å². The number of hydrogen-bond acceptors (Lipinski definition) is 2. The summed E-state index contributed by atoms with van der Waals surface area (Å²) < 4.78 is 0. The Balaban J connectivity index is 2.16. The lowest BCUT2D eigenvalue weighted by molar-refractivity contribution is -0.118. The van der Waals surface area contributed by atoms with E-state index in [9.17, 15) is 4.79 Å². The second kappa shape index (κ2) is 4.35. The number of amides is 1. The molecule has 1 fully saturated rings. The van der Waals surface area contributed by atoms with Gasteiger partial charge in [-0.25, -0.2) is 0 Å². The summed E-state index contributed by atoms with van der Waals surface area (Å²) in [7, 11) is 0. The topological polar surface area (TPSA) is 55.1 Å². The number of aryl methyl sites for hydroxylation is 1. The molecule has 1 aliphatic carbocycles. The maximum atomic E-state index is 12.0. The van der Waals surface area contributed by atoms with E-state index in [0.717, 1.165) is 23.2 Å². The quantitative estimate of drug-likeness (QED) is 0.823. The second-order valence-corrected chi connectivity index (χ2v) is 6.07. The number of benzene rings is 1. The molecule has 2 rings (SSSR count). The van der Waals surface area contributed by atoms with Crippen molar-refractivity contribution in [3.63, 3.8) is 0 Å². The van der Waals surface area contributed by atoms with Crippen molar-refractivity contribution < 1.29 is 4.79 Å². The molecular weight excluding hydrogens is 244 g/mol. The van der Waals surface area contributed by atoms with Crippen molar-refractivity contribution >= 4 is 28.8 Å². The van der Waals surface area contributed by atoms with E-state index in [0.29, 0.717) is 4.99 Å². The van der Waals surface area contributed by atoms with Crippen molar-refractivity contribution in [2.75, 3.05) is 5.32 Å². The molecule has 1 atom stereocenters. The maximum absolute atomic E-state index is 12.0. The highest BCUT2D eigenvalue weighted by molar-refractivity contribution is 7.80. The fourth-order valence-electron chi connectivity index (χ4n) is 2.04. The van der Waals surface area contributed by atoms with Gasteiger partial charge in [0.15, 0.2) is 0 Å². The Hall–Kier alpha value is -1.42. The monoisotopic (exact) mass is 262 g/mol. The molecule has 1 aliphatic rings. The Kier molecular flexibility index (Phi) is 3.15. The van der Waals surface area contributed by atoms with E-state index in [1.54, 1.807) is 0 Å². The minimum Gasteiger partial charge on any atom is -0.389 e. The molecule has 0 radical (unpaired) electrons. The molecule has 4 heteroatoms. The van der Waals surface area contributed by atoms with Crippen molar-refractivity contribution in [1.29, 1.82) is 0 Å². The lowest BCUT2D eigenvalue weighted by Gasteiger charge is -2.11. The SMILES string of the molecule is Cc1ccc(C(N)=S)cc1NC(=O)C1CC1(C)C. The zero-order chi connectivity index (χ0) is 13.5. The predicted octanol–water partition coefficient (Wildman–Crippen LogP) is 2.61. The third-order valence-corrected chi connectivity index (χ3v) is 3.85. The molecule has 0 aromatic heterocycles. The van der Waals surface area contributed by atoms with Crippen LogP contribution in [0.2, 0.25) is 0 Å².